The first-order valence-corrected chi connectivity index (χ1v) is 14.6. The molecule has 1 heterocycles. The lowest BCUT2D eigenvalue weighted by Crippen LogP contribution is -2.20. The lowest BCUT2D eigenvalue weighted by atomic mass is 10.1. The third-order valence-electron chi connectivity index (χ3n) is 6.56. The van der Waals surface area contributed by atoms with Crippen molar-refractivity contribution in [3.8, 4) is 22.1 Å². The fraction of sp³-hybridized carbons (Fsp3) is 0.152. The minimum Gasteiger partial charge on any atom is -0.479 e. The SMILES string of the molecule is C/C(=N\OCC(=O)O)c1cccc(N(CCc2ccccc2)c2nnc(-c3cccc(Oc4cccc(C(F)(F)F)c4)c3)s2)c1. The Bertz CT molecular complexity index is 1790. The molecule has 0 bridgehead atoms. The van der Waals surface area contributed by atoms with E-state index >= 15 is 0 Å². The van der Waals surface area contributed by atoms with Crippen LogP contribution in [0.2, 0.25) is 0 Å². The Kier molecular flexibility index (Phi) is 9.73. The zero-order valence-corrected chi connectivity index (χ0v) is 24.8. The molecule has 0 saturated heterocycles. The van der Waals surface area contributed by atoms with Gasteiger partial charge in [-0.2, -0.15) is 13.2 Å². The Balaban J connectivity index is 1.41. The number of oxime groups is 1. The fourth-order valence-electron chi connectivity index (χ4n) is 4.36. The largest absolute Gasteiger partial charge is 0.479 e. The summed E-state index contributed by atoms with van der Waals surface area (Å²) in [6.45, 7) is 1.76. The van der Waals surface area contributed by atoms with Gasteiger partial charge in [0.25, 0.3) is 0 Å². The number of alkyl halides is 3. The van der Waals surface area contributed by atoms with Crippen molar-refractivity contribution in [3.05, 3.63) is 120 Å². The summed E-state index contributed by atoms with van der Waals surface area (Å²) in [7, 11) is 0. The number of anilines is 2. The van der Waals surface area contributed by atoms with Gasteiger partial charge in [-0.1, -0.05) is 77.2 Å². The van der Waals surface area contributed by atoms with Crippen LogP contribution in [0.3, 0.4) is 0 Å². The lowest BCUT2D eigenvalue weighted by Gasteiger charge is -2.22. The van der Waals surface area contributed by atoms with Crippen LogP contribution in [0.15, 0.2) is 108 Å². The molecule has 1 aromatic heterocycles. The molecule has 0 aliphatic carbocycles. The molecule has 230 valence electrons. The van der Waals surface area contributed by atoms with Gasteiger partial charge in [0.2, 0.25) is 11.7 Å². The molecule has 12 heteroatoms. The number of hydrogen-bond acceptors (Lipinski definition) is 8. The smallest absolute Gasteiger partial charge is 0.416 e. The summed E-state index contributed by atoms with van der Waals surface area (Å²) in [5.41, 5.74) is 3.11. The zero-order valence-electron chi connectivity index (χ0n) is 23.9. The van der Waals surface area contributed by atoms with Gasteiger partial charge >= 0.3 is 12.1 Å². The Morgan fingerprint density at radius 2 is 1.64 bits per heavy atom. The molecule has 0 atom stereocenters. The van der Waals surface area contributed by atoms with E-state index in [0.29, 0.717) is 33.7 Å². The Morgan fingerprint density at radius 1 is 0.911 bits per heavy atom. The summed E-state index contributed by atoms with van der Waals surface area (Å²) in [4.78, 5) is 17.7. The normalized spacial score (nSPS) is 11.7. The van der Waals surface area contributed by atoms with Crippen molar-refractivity contribution >= 4 is 33.8 Å². The van der Waals surface area contributed by atoms with Gasteiger partial charge in [-0.15, -0.1) is 10.2 Å². The Labute approximate surface area is 261 Å². The maximum absolute atomic E-state index is 13.2. The van der Waals surface area contributed by atoms with Crippen molar-refractivity contribution in [2.24, 2.45) is 5.16 Å². The fourth-order valence-corrected chi connectivity index (χ4v) is 5.25. The topological polar surface area (TPSA) is 97.1 Å². The summed E-state index contributed by atoms with van der Waals surface area (Å²) in [6.07, 6.45) is -3.76. The molecule has 0 saturated carbocycles. The van der Waals surface area contributed by atoms with Gasteiger partial charge < -0.3 is 19.6 Å². The van der Waals surface area contributed by atoms with E-state index in [1.54, 1.807) is 25.1 Å². The molecule has 0 spiro atoms. The van der Waals surface area contributed by atoms with E-state index in [2.05, 4.69) is 15.4 Å². The van der Waals surface area contributed by atoms with Crippen LogP contribution in [0, 0.1) is 0 Å². The van der Waals surface area contributed by atoms with Gasteiger partial charge in [0.1, 0.15) is 16.5 Å². The van der Waals surface area contributed by atoms with Crippen molar-refractivity contribution in [1.82, 2.24) is 10.2 Å². The molecule has 0 amide bonds. The minimum atomic E-state index is -4.48. The predicted molar refractivity (Wildman–Crippen MR) is 166 cm³/mol. The molecule has 0 unspecified atom stereocenters. The first kappa shape index (κ1) is 31.2. The van der Waals surface area contributed by atoms with Crippen molar-refractivity contribution in [1.29, 1.82) is 0 Å². The number of carbonyl (C=O) groups is 1. The number of rotatable bonds is 12. The van der Waals surface area contributed by atoms with Gasteiger partial charge in [-0.05, 0) is 61.4 Å². The highest BCUT2D eigenvalue weighted by atomic mass is 32.1. The summed E-state index contributed by atoms with van der Waals surface area (Å²) >= 11 is 1.36. The third-order valence-corrected chi connectivity index (χ3v) is 7.55. The molecule has 0 aliphatic heterocycles. The van der Waals surface area contributed by atoms with Gasteiger partial charge in [0.05, 0.1) is 11.3 Å². The summed E-state index contributed by atoms with van der Waals surface area (Å²) in [5.74, 6) is -0.691. The van der Waals surface area contributed by atoms with Crippen LogP contribution in [-0.2, 0) is 22.2 Å². The standard InChI is InChI=1S/C33H27F3N4O4S/c1-22(39-43-21-30(41)42)24-10-5-13-27(18-24)40(17-16-23-8-3-2-4-9-23)32-38-37-31(45-32)25-11-6-14-28(19-25)44-29-15-7-12-26(20-29)33(34,35)36/h2-15,18-20H,16-17,21H2,1H3,(H,41,42)/b39-22+. The maximum atomic E-state index is 13.2. The number of aliphatic carboxylic acids is 1. The minimum absolute atomic E-state index is 0.0686. The number of benzene rings is 4. The average Bonchev–Trinajstić information content (AvgIpc) is 3.52. The molecule has 8 nitrogen and oxygen atoms in total. The molecule has 45 heavy (non-hydrogen) atoms. The number of hydrogen-bond donors (Lipinski definition) is 1. The van der Waals surface area contributed by atoms with Crippen molar-refractivity contribution in [2.75, 3.05) is 18.1 Å². The van der Waals surface area contributed by atoms with E-state index in [9.17, 15) is 18.0 Å². The average molecular weight is 633 g/mol. The van der Waals surface area contributed by atoms with Crippen LogP contribution in [-0.4, -0.2) is 40.1 Å². The second-order valence-corrected chi connectivity index (χ2v) is 10.8. The van der Waals surface area contributed by atoms with E-state index in [4.69, 9.17) is 14.7 Å². The van der Waals surface area contributed by atoms with Gasteiger partial charge in [0.15, 0.2) is 0 Å². The van der Waals surface area contributed by atoms with Crippen molar-refractivity contribution in [2.45, 2.75) is 19.5 Å². The highest BCUT2D eigenvalue weighted by Crippen LogP contribution is 2.36. The van der Waals surface area contributed by atoms with Crippen molar-refractivity contribution in [3.63, 3.8) is 0 Å². The van der Waals surface area contributed by atoms with Gasteiger partial charge in [0, 0.05) is 23.4 Å². The molecule has 5 aromatic rings. The van der Waals surface area contributed by atoms with Crippen LogP contribution in [0.25, 0.3) is 10.6 Å². The predicted octanol–water partition coefficient (Wildman–Crippen LogP) is 8.22. The first-order chi connectivity index (χ1) is 21.7. The molecule has 1 N–H and O–H groups in total. The van der Waals surface area contributed by atoms with Crippen LogP contribution < -0.4 is 9.64 Å². The lowest BCUT2D eigenvalue weighted by molar-refractivity contribution is -0.142. The molecule has 0 aliphatic rings. The number of aromatic nitrogens is 2. The quantitative estimate of drug-likeness (QED) is 0.109. The molecular weight excluding hydrogens is 605 g/mol. The van der Waals surface area contributed by atoms with Gasteiger partial charge in [-0.3, -0.25) is 0 Å². The van der Waals surface area contributed by atoms with E-state index < -0.39 is 24.3 Å². The summed E-state index contributed by atoms with van der Waals surface area (Å²) < 4.78 is 45.3. The number of ether oxygens (including phenoxy) is 1. The number of carboxylic acid groups (broad SMARTS) is 1. The van der Waals surface area contributed by atoms with E-state index in [1.165, 1.54) is 23.5 Å². The van der Waals surface area contributed by atoms with E-state index in [1.807, 2.05) is 65.6 Å². The molecular formula is C33H27F3N4O4S. The number of carboxylic acids is 1. The monoisotopic (exact) mass is 632 g/mol. The zero-order chi connectivity index (χ0) is 31.8. The molecule has 5 rings (SSSR count). The van der Waals surface area contributed by atoms with Crippen LogP contribution in [0.1, 0.15) is 23.6 Å². The van der Waals surface area contributed by atoms with Crippen LogP contribution in [0.4, 0.5) is 24.0 Å². The highest BCUT2D eigenvalue weighted by molar-refractivity contribution is 7.18. The summed E-state index contributed by atoms with van der Waals surface area (Å²) in [5, 5.41) is 22.9. The maximum Gasteiger partial charge on any atom is 0.416 e. The van der Waals surface area contributed by atoms with Gasteiger partial charge in [-0.25, -0.2) is 4.79 Å². The number of nitrogens with zero attached hydrogens (tertiary/aromatic N) is 4. The van der Waals surface area contributed by atoms with Crippen LogP contribution in [0.5, 0.6) is 11.5 Å². The third kappa shape index (κ3) is 8.45. The van der Waals surface area contributed by atoms with E-state index in [-0.39, 0.29) is 5.75 Å². The second-order valence-electron chi connectivity index (χ2n) is 9.83. The Morgan fingerprint density at radius 3 is 2.40 bits per heavy atom. The Hall–Kier alpha value is -5.23. The number of halogens is 3. The summed E-state index contributed by atoms with van der Waals surface area (Å²) in [6, 6.07) is 29.2. The molecule has 0 radical (unpaired) electrons. The highest BCUT2D eigenvalue weighted by Gasteiger charge is 2.30. The van der Waals surface area contributed by atoms with E-state index in [0.717, 1.165) is 35.4 Å². The molecule has 4 aromatic carbocycles. The second kappa shape index (κ2) is 14.0. The van der Waals surface area contributed by atoms with Crippen molar-refractivity contribution < 1.29 is 32.6 Å². The van der Waals surface area contributed by atoms with Crippen LogP contribution >= 0.6 is 11.3 Å². The molecule has 0 fully saturated rings. The first-order valence-electron chi connectivity index (χ1n) is 13.7.